The molecule has 0 fully saturated rings. The molecule has 0 saturated carbocycles. The highest BCUT2D eigenvalue weighted by Crippen LogP contribution is 2.26. The molecule has 0 bridgehead atoms. The van der Waals surface area contributed by atoms with Crippen LogP contribution in [0.15, 0.2) is 57.6 Å². The highest BCUT2D eigenvalue weighted by atomic mass is 32.2. The number of ether oxygens (including phenoxy) is 2. The van der Waals surface area contributed by atoms with Gasteiger partial charge in [0.2, 0.25) is 5.91 Å². The summed E-state index contributed by atoms with van der Waals surface area (Å²) in [6.07, 6.45) is 10.8. The van der Waals surface area contributed by atoms with Crippen molar-refractivity contribution in [3.05, 3.63) is 69.3 Å². The molecule has 2 rings (SSSR count). The summed E-state index contributed by atoms with van der Waals surface area (Å²) >= 11 is 1.40. The monoisotopic (exact) mass is 387 g/mol. The zero-order chi connectivity index (χ0) is 19.8. The number of hydrogen-bond donors (Lipinski definition) is 1. The summed E-state index contributed by atoms with van der Waals surface area (Å²) in [5, 5.41) is 2.97. The van der Waals surface area contributed by atoms with E-state index in [2.05, 4.69) is 5.32 Å². The Balaban J connectivity index is 2.70. The van der Waals surface area contributed by atoms with E-state index in [0.717, 1.165) is 11.1 Å². The van der Waals surface area contributed by atoms with E-state index in [4.69, 9.17) is 9.47 Å². The van der Waals surface area contributed by atoms with Crippen molar-refractivity contribution in [2.75, 3.05) is 20.5 Å². The standard InChI is InChI=1S/C21H25NO4S/c1-14(23)22-17-7-5-6-8-19(25-2)20(26-3)11-9-15-10-12-21(27-4)18(24)13-16(15)17/h6,8-13,17H,5,7H2,1-4H3,(H,22,23)/t17-/m0/s1. The van der Waals surface area contributed by atoms with E-state index < -0.39 is 0 Å². The lowest BCUT2D eigenvalue weighted by molar-refractivity contribution is -0.119. The van der Waals surface area contributed by atoms with Crippen LogP contribution in [0.3, 0.4) is 0 Å². The van der Waals surface area contributed by atoms with Gasteiger partial charge in [0.25, 0.3) is 0 Å². The van der Waals surface area contributed by atoms with Crippen molar-refractivity contribution in [2.24, 2.45) is 0 Å². The predicted octanol–water partition coefficient (Wildman–Crippen LogP) is 3.81. The molecule has 1 N–H and O–H groups in total. The SMILES string of the molecule is COC1=C(OC)C=Cc2ccc(SC)c(=O)cc2[C@@H](NC(C)=O)CCC=C1. The van der Waals surface area contributed by atoms with Gasteiger partial charge in [0, 0.05) is 6.92 Å². The van der Waals surface area contributed by atoms with E-state index in [1.165, 1.54) is 18.7 Å². The first-order valence-electron chi connectivity index (χ1n) is 8.66. The first-order chi connectivity index (χ1) is 13.0. The highest BCUT2D eigenvalue weighted by Gasteiger charge is 2.17. The zero-order valence-corrected chi connectivity index (χ0v) is 16.9. The van der Waals surface area contributed by atoms with Crippen molar-refractivity contribution in [3.63, 3.8) is 0 Å². The molecule has 27 heavy (non-hydrogen) atoms. The van der Waals surface area contributed by atoms with Crippen LogP contribution < -0.4 is 10.7 Å². The third-order valence-corrected chi connectivity index (χ3v) is 5.02. The normalized spacial score (nSPS) is 17.0. The molecule has 1 amide bonds. The Hall–Kier alpha value is -2.47. The summed E-state index contributed by atoms with van der Waals surface area (Å²) in [6, 6.07) is 5.07. The number of rotatable bonds is 4. The van der Waals surface area contributed by atoms with Gasteiger partial charge in [-0.3, -0.25) is 9.59 Å². The molecule has 0 saturated heterocycles. The Morgan fingerprint density at radius 3 is 2.48 bits per heavy atom. The number of thioether (sulfide) groups is 1. The molecular formula is C21H25NO4S. The van der Waals surface area contributed by atoms with Crippen LogP contribution in [0.5, 0.6) is 0 Å². The summed E-state index contributed by atoms with van der Waals surface area (Å²) in [7, 11) is 3.18. The average Bonchev–Trinajstić information content (AvgIpc) is 2.81. The first-order valence-corrected chi connectivity index (χ1v) is 9.88. The summed E-state index contributed by atoms with van der Waals surface area (Å²) in [5.74, 6) is 1.06. The second-order valence-electron chi connectivity index (χ2n) is 6.02. The number of hydrogen-bond acceptors (Lipinski definition) is 5. The van der Waals surface area contributed by atoms with Gasteiger partial charge in [-0.2, -0.15) is 0 Å². The molecule has 0 aliphatic heterocycles. The Labute approximate surface area is 164 Å². The van der Waals surface area contributed by atoms with Crippen LogP contribution in [0.2, 0.25) is 0 Å². The van der Waals surface area contributed by atoms with Crippen LogP contribution >= 0.6 is 11.8 Å². The topological polar surface area (TPSA) is 64.6 Å². The minimum atomic E-state index is -0.267. The van der Waals surface area contributed by atoms with Crippen molar-refractivity contribution in [2.45, 2.75) is 30.7 Å². The molecule has 0 spiro atoms. The van der Waals surface area contributed by atoms with Crippen molar-refractivity contribution >= 4 is 23.7 Å². The largest absolute Gasteiger partial charge is 0.493 e. The van der Waals surface area contributed by atoms with Crippen LogP contribution in [0.4, 0.5) is 0 Å². The van der Waals surface area contributed by atoms with E-state index in [1.54, 1.807) is 26.4 Å². The van der Waals surface area contributed by atoms with Crippen molar-refractivity contribution in [3.8, 4) is 0 Å². The molecule has 1 aliphatic rings. The second-order valence-corrected chi connectivity index (χ2v) is 6.87. The maximum atomic E-state index is 12.6. The molecule has 5 nitrogen and oxygen atoms in total. The second kappa shape index (κ2) is 10.0. The maximum Gasteiger partial charge on any atom is 0.217 e. The average molecular weight is 388 g/mol. The van der Waals surface area contributed by atoms with Crippen molar-refractivity contribution < 1.29 is 14.3 Å². The number of amides is 1. The predicted molar refractivity (Wildman–Crippen MR) is 110 cm³/mol. The van der Waals surface area contributed by atoms with Gasteiger partial charge in [-0.1, -0.05) is 18.2 Å². The highest BCUT2D eigenvalue weighted by molar-refractivity contribution is 7.98. The molecule has 0 heterocycles. The van der Waals surface area contributed by atoms with E-state index in [0.29, 0.717) is 29.3 Å². The van der Waals surface area contributed by atoms with Crippen LogP contribution in [0.1, 0.15) is 36.9 Å². The minimum absolute atomic E-state index is 0.0574. The lowest BCUT2D eigenvalue weighted by atomic mass is 9.98. The molecule has 0 unspecified atom stereocenters. The fraction of sp³-hybridized carbons (Fsp3) is 0.333. The zero-order valence-electron chi connectivity index (χ0n) is 16.1. The van der Waals surface area contributed by atoms with Crippen LogP contribution in [-0.4, -0.2) is 26.4 Å². The van der Waals surface area contributed by atoms with Gasteiger partial charge in [0.1, 0.15) is 0 Å². The Morgan fingerprint density at radius 1 is 1.15 bits per heavy atom. The van der Waals surface area contributed by atoms with Crippen LogP contribution in [-0.2, 0) is 14.3 Å². The fourth-order valence-electron chi connectivity index (χ4n) is 2.93. The minimum Gasteiger partial charge on any atom is -0.493 e. The summed E-state index contributed by atoms with van der Waals surface area (Å²) < 4.78 is 10.9. The lowest BCUT2D eigenvalue weighted by Gasteiger charge is -2.18. The molecule has 6 heteroatoms. The van der Waals surface area contributed by atoms with Gasteiger partial charge in [-0.15, -0.1) is 11.8 Å². The van der Waals surface area contributed by atoms with Crippen LogP contribution in [0.25, 0.3) is 6.08 Å². The number of carbonyl (C=O) groups is 1. The summed E-state index contributed by atoms with van der Waals surface area (Å²) in [5.41, 5.74) is 1.58. The van der Waals surface area contributed by atoms with Crippen molar-refractivity contribution in [1.82, 2.24) is 5.32 Å². The molecular weight excluding hydrogens is 362 g/mol. The molecule has 1 aliphatic carbocycles. The van der Waals surface area contributed by atoms with E-state index >= 15 is 0 Å². The van der Waals surface area contributed by atoms with Gasteiger partial charge in [0.15, 0.2) is 16.9 Å². The molecule has 1 aromatic carbocycles. The molecule has 1 atom stereocenters. The number of fused-ring (bicyclic) bond motifs is 1. The van der Waals surface area contributed by atoms with Gasteiger partial charge in [-0.25, -0.2) is 0 Å². The number of carbonyl (C=O) groups excluding carboxylic acids is 1. The first kappa shape index (κ1) is 20.8. The smallest absolute Gasteiger partial charge is 0.217 e. The molecule has 1 aromatic rings. The lowest BCUT2D eigenvalue weighted by Crippen LogP contribution is -2.26. The summed E-state index contributed by atoms with van der Waals surface area (Å²) in [6.45, 7) is 1.48. The van der Waals surface area contributed by atoms with Crippen LogP contribution in [0, 0.1) is 0 Å². The van der Waals surface area contributed by atoms with E-state index in [-0.39, 0.29) is 17.4 Å². The maximum absolute atomic E-state index is 12.6. The van der Waals surface area contributed by atoms with Gasteiger partial charge < -0.3 is 14.8 Å². The third kappa shape index (κ3) is 5.50. The fourth-order valence-corrected chi connectivity index (χ4v) is 3.40. The van der Waals surface area contributed by atoms with E-state index in [1.807, 2.05) is 36.6 Å². The van der Waals surface area contributed by atoms with Gasteiger partial charge >= 0.3 is 0 Å². The van der Waals surface area contributed by atoms with Gasteiger partial charge in [0.05, 0.1) is 25.2 Å². The number of allylic oxidation sites excluding steroid dienone is 3. The van der Waals surface area contributed by atoms with Gasteiger partial charge in [-0.05, 0) is 54.5 Å². The van der Waals surface area contributed by atoms with Crippen molar-refractivity contribution in [1.29, 1.82) is 0 Å². The molecule has 0 radical (unpaired) electrons. The Kier molecular flexibility index (Phi) is 7.73. The quantitative estimate of drug-likeness (QED) is 0.796. The molecule has 0 aromatic heterocycles. The Bertz CT molecular complexity index is 842. The summed E-state index contributed by atoms with van der Waals surface area (Å²) in [4.78, 5) is 25.0. The third-order valence-electron chi connectivity index (χ3n) is 4.24. The van der Waals surface area contributed by atoms with E-state index in [9.17, 15) is 9.59 Å². The molecule has 144 valence electrons. The number of methoxy groups -OCH3 is 2. The number of nitrogens with one attached hydrogen (secondary N) is 1. The Morgan fingerprint density at radius 2 is 1.85 bits per heavy atom.